The number of rotatable bonds is 6. The summed E-state index contributed by atoms with van der Waals surface area (Å²) in [6.45, 7) is 7.23. The average Bonchev–Trinajstić information content (AvgIpc) is 3.19. The van der Waals surface area contributed by atoms with E-state index < -0.39 is 29.2 Å². The Morgan fingerprint density at radius 3 is 2.46 bits per heavy atom. The van der Waals surface area contributed by atoms with Gasteiger partial charge in [0, 0.05) is 16.8 Å². The van der Waals surface area contributed by atoms with E-state index in [1.165, 1.54) is 21.7 Å². The number of fused-ring (bicyclic) bond motifs is 1. The first-order valence-corrected chi connectivity index (χ1v) is 11.4. The molecule has 0 unspecified atom stereocenters. The molecule has 0 saturated carbocycles. The molecule has 35 heavy (non-hydrogen) atoms. The number of nitrogens with one attached hydrogen (secondary N) is 1. The zero-order valence-corrected chi connectivity index (χ0v) is 20.2. The highest BCUT2D eigenvalue weighted by Crippen LogP contribution is 2.31. The summed E-state index contributed by atoms with van der Waals surface area (Å²) in [5.41, 5.74) is 2.23. The monoisotopic (exact) mass is 473 g/mol. The van der Waals surface area contributed by atoms with E-state index in [0.29, 0.717) is 16.7 Å². The van der Waals surface area contributed by atoms with Crippen molar-refractivity contribution in [1.82, 2.24) is 20.3 Å². The van der Waals surface area contributed by atoms with E-state index in [9.17, 15) is 9.59 Å². The Bertz CT molecular complexity index is 1380. The lowest BCUT2D eigenvalue weighted by Gasteiger charge is -2.34. The highest BCUT2D eigenvalue weighted by molar-refractivity contribution is 6.01. The standard InChI is InChI=1S/C27H28FN5O2/c1-18-10-9-11-19(16-18)33(24(34)17-32-23-15-8-7-14-22(23)30-31-32)25(26(35)29-27(2,3)4)20-12-5-6-13-21(20)28/h5-16,25H,17H2,1-4H3,(H,29,35)/t25-/m1/s1. The van der Waals surface area contributed by atoms with Gasteiger partial charge in [0.1, 0.15) is 23.9 Å². The molecule has 1 heterocycles. The zero-order valence-electron chi connectivity index (χ0n) is 20.2. The molecule has 8 heteroatoms. The molecule has 0 saturated heterocycles. The molecule has 0 aliphatic rings. The van der Waals surface area contributed by atoms with E-state index in [4.69, 9.17) is 0 Å². The van der Waals surface area contributed by atoms with Gasteiger partial charge < -0.3 is 5.32 Å². The number of amides is 2. The second kappa shape index (κ2) is 9.66. The summed E-state index contributed by atoms with van der Waals surface area (Å²) >= 11 is 0. The van der Waals surface area contributed by atoms with Gasteiger partial charge in [0.15, 0.2) is 0 Å². The molecule has 180 valence electrons. The summed E-state index contributed by atoms with van der Waals surface area (Å²) in [4.78, 5) is 28.9. The van der Waals surface area contributed by atoms with Crippen LogP contribution in [0.15, 0.2) is 72.8 Å². The maximum Gasteiger partial charge on any atom is 0.249 e. The number of anilines is 1. The predicted molar refractivity (Wildman–Crippen MR) is 133 cm³/mol. The summed E-state index contributed by atoms with van der Waals surface area (Å²) in [6, 6.07) is 19.3. The van der Waals surface area contributed by atoms with Crippen LogP contribution in [0, 0.1) is 12.7 Å². The number of aromatic nitrogens is 3. The Balaban J connectivity index is 1.84. The number of nitrogens with zero attached hydrogens (tertiary/aromatic N) is 4. The molecule has 0 aliphatic carbocycles. The summed E-state index contributed by atoms with van der Waals surface area (Å²) < 4.78 is 16.6. The minimum Gasteiger partial charge on any atom is -0.349 e. The van der Waals surface area contributed by atoms with Crippen LogP contribution in [-0.4, -0.2) is 32.3 Å². The molecule has 7 nitrogen and oxygen atoms in total. The molecule has 1 N–H and O–H groups in total. The Morgan fingerprint density at radius 2 is 1.74 bits per heavy atom. The predicted octanol–water partition coefficient (Wildman–Crippen LogP) is 4.57. The van der Waals surface area contributed by atoms with Crippen LogP contribution in [0.4, 0.5) is 10.1 Å². The van der Waals surface area contributed by atoms with Gasteiger partial charge in [0.2, 0.25) is 11.8 Å². The number of benzene rings is 3. The summed E-state index contributed by atoms with van der Waals surface area (Å²) in [6.07, 6.45) is 0. The number of carbonyl (C=O) groups excluding carboxylic acids is 2. The molecule has 3 aromatic carbocycles. The lowest BCUT2D eigenvalue weighted by Crippen LogP contribution is -2.50. The molecular weight excluding hydrogens is 445 g/mol. The minimum atomic E-state index is -1.24. The van der Waals surface area contributed by atoms with Crippen molar-refractivity contribution in [3.63, 3.8) is 0 Å². The van der Waals surface area contributed by atoms with Gasteiger partial charge in [-0.25, -0.2) is 9.07 Å². The fraction of sp³-hybridized carbons (Fsp3) is 0.259. The minimum absolute atomic E-state index is 0.104. The molecular formula is C27H28FN5O2. The van der Waals surface area contributed by atoms with E-state index in [2.05, 4.69) is 15.6 Å². The van der Waals surface area contributed by atoms with Crippen LogP contribution in [-0.2, 0) is 16.1 Å². The number of hydrogen-bond acceptors (Lipinski definition) is 4. The number of carbonyl (C=O) groups is 2. The van der Waals surface area contributed by atoms with Crippen molar-refractivity contribution in [2.75, 3.05) is 4.90 Å². The molecule has 0 fully saturated rings. The van der Waals surface area contributed by atoms with Crippen molar-refractivity contribution in [2.45, 2.75) is 45.8 Å². The molecule has 0 aliphatic heterocycles. The van der Waals surface area contributed by atoms with Crippen LogP contribution in [0.25, 0.3) is 11.0 Å². The molecule has 1 atom stereocenters. The second-order valence-corrected chi connectivity index (χ2v) is 9.50. The summed E-state index contributed by atoms with van der Waals surface area (Å²) in [5.74, 6) is -1.48. The lowest BCUT2D eigenvalue weighted by atomic mass is 10.00. The Hall–Kier alpha value is -4.07. The molecule has 0 radical (unpaired) electrons. The third-order valence-corrected chi connectivity index (χ3v) is 5.46. The maximum absolute atomic E-state index is 15.1. The van der Waals surface area contributed by atoms with Gasteiger partial charge in [-0.3, -0.25) is 14.5 Å². The van der Waals surface area contributed by atoms with Crippen molar-refractivity contribution in [2.24, 2.45) is 0 Å². The van der Waals surface area contributed by atoms with Crippen LogP contribution in [0.5, 0.6) is 0 Å². The molecule has 1 aromatic heterocycles. The Kier molecular flexibility index (Phi) is 6.64. The third-order valence-electron chi connectivity index (χ3n) is 5.46. The van der Waals surface area contributed by atoms with Gasteiger partial charge in [0.25, 0.3) is 0 Å². The van der Waals surface area contributed by atoms with Gasteiger partial charge >= 0.3 is 0 Å². The maximum atomic E-state index is 15.1. The first-order chi connectivity index (χ1) is 16.6. The van der Waals surface area contributed by atoms with Crippen LogP contribution < -0.4 is 10.2 Å². The van der Waals surface area contributed by atoms with E-state index in [0.717, 1.165) is 5.56 Å². The molecule has 4 rings (SSSR count). The van der Waals surface area contributed by atoms with Gasteiger partial charge in [-0.05, 0) is 63.6 Å². The number of hydrogen-bond donors (Lipinski definition) is 1. The van der Waals surface area contributed by atoms with Crippen molar-refractivity contribution in [1.29, 1.82) is 0 Å². The van der Waals surface area contributed by atoms with Gasteiger partial charge in [-0.2, -0.15) is 0 Å². The fourth-order valence-electron chi connectivity index (χ4n) is 3.99. The van der Waals surface area contributed by atoms with Crippen LogP contribution in [0.2, 0.25) is 0 Å². The quantitative estimate of drug-likeness (QED) is 0.445. The largest absolute Gasteiger partial charge is 0.349 e. The van der Waals surface area contributed by atoms with Gasteiger partial charge in [-0.15, -0.1) is 5.10 Å². The van der Waals surface area contributed by atoms with Crippen molar-refractivity contribution < 1.29 is 14.0 Å². The van der Waals surface area contributed by atoms with Crippen molar-refractivity contribution in [3.8, 4) is 0 Å². The Labute approximate surface area is 203 Å². The summed E-state index contributed by atoms with van der Waals surface area (Å²) in [7, 11) is 0. The number of halogens is 1. The fourth-order valence-corrected chi connectivity index (χ4v) is 3.99. The first kappa shape index (κ1) is 24.1. The smallest absolute Gasteiger partial charge is 0.249 e. The number of para-hydroxylation sites is 1. The van der Waals surface area contributed by atoms with Crippen LogP contribution >= 0.6 is 0 Å². The van der Waals surface area contributed by atoms with E-state index >= 15 is 4.39 Å². The van der Waals surface area contributed by atoms with Gasteiger partial charge in [0.05, 0.1) is 5.52 Å². The van der Waals surface area contributed by atoms with Crippen LogP contribution in [0.3, 0.4) is 0 Å². The molecule has 4 aromatic rings. The third kappa shape index (κ3) is 5.37. The normalized spacial score (nSPS) is 12.4. The van der Waals surface area contributed by atoms with E-state index in [-0.39, 0.29) is 12.1 Å². The van der Waals surface area contributed by atoms with Gasteiger partial charge in [-0.1, -0.05) is 47.7 Å². The molecule has 2 amide bonds. The topological polar surface area (TPSA) is 80.1 Å². The van der Waals surface area contributed by atoms with E-state index in [1.54, 1.807) is 36.4 Å². The lowest BCUT2D eigenvalue weighted by molar-refractivity contribution is -0.128. The average molecular weight is 474 g/mol. The van der Waals surface area contributed by atoms with Crippen molar-refractivity contribution in [3.05, 3.63) is 89.7 Å². The second-order valence-electron chi connectivity index (χ2n) is 9.50. The highest BCUT2D eigenvalue weighted by atomic mass is 19.1. The number of aryl methyl sites for hydroxylation is 1. The Morgan fingerprint density at radius 1 is 1.03 bits per heavy atom. The van der Waals surface area contributed by atoms with Crippen molar-refractivity contribution >= 4 is 28.5 Å². The molecule has 0 bridgehead atoms. The highest BCUT2D eigenvalue weighted by Gasteiger charge is 2.36. The first-order valence-electron chi connectivity index (χ1n) is 11.4. The summed E-state index contributed by atoms with van der Waals surface area (Å²) in [5, 5.41) is 11.2. The molecule has 0 spiro atoms. The van der Waals surface area contributed by atoms with Crippen LogP contribution in [0.1, 0.15) is 37.9 Å². The van der Waals surface area contributed by atoms with E-state index in [1.807, 2.05) is 52.0 Å². The zero-order chi connectivity index (χ0) is 25.2. The SMILES string of the molecule is Cc1cccc(N(C(=O)Cn2nnc3ccccc32)[C@@H](C(=O)NC(C)(C)C)c2ccccc2F)c1.